The number of aromatic amines is 2. The van der Waals surface area contributed by atoms with E-state index in [0.29, 0.717) is 78.7 Å². The Morgan fingerprint density at radius 3 is 1.69 bits per heavy atom. The van der Waals surface area contributed by atoms with Crippen molar-refractivity contribution in [1.82, 2.24) is 56.0 Å². The van der Waals surface area contributed by atoms with E-state index >= 15 is 0 Å². The van der Waals surface area contributed by atoms with Gasteiger partial charge in [-0.15, -0.1) is 0 Å². The summed E-state index contributed by atoms with van der Waals surface area (Å²) < 4.78 is 34.5. The fraction of sp³-hybridized carbons (Fsp3) is 0.246. The maximum Gasteiger partial charge on any atom is 0.325 e. The Morgan fingerprint density at radius 1 is 0.570 bits per heavy atom. The van der Waals surface area contributed by atoms with Crippen LogP contribution in [0.2, 0.25) is 0 Å². The SMILES string of the molecule is CC(C)(C)c1ccc(C(=O)NCc2ccc(-c3ccnc4c3CC(=O)N4)cc2F)cn1.CC(C)(C)c1noc(C(=O)NCc2ccc(-c3ccnc4c3CC(=O)N4)c(CO)c2)n1.CC(C)(O)c1ccc(C(=O)NCc2ccc(-c3ccnc4[nH]c(=O)[nH]c34)cc2F)cc1. The number of anilines is 2. The number of imidazole rings is 1. The summed E-state index contributed by atoms with van der Waals surface area (Å²) in [6.45, 7) is 15.4. The standard InChI is InChI=1S/C24H23FN4O2.C23H21FN4O3.C22H23N5O4/c1-24(2,3)20-7-6-16(13-27-20)23(31)28-12-15-5-4-14(10-19(15)25)17-8-9-26-22-18(17)11-21(30)29-22;1-23(2,31)16-7-5-13(6-8-16)21(29)26-12-15-4-3-14(11-18(15)24)17-9-10-25-20-19(17)27-22(30)28-20;1-22(2,3)21-26-20(31-27-21)19(30)24-10-12-4-5-14(13(8-12)11-28)15-6-7-23-18-16(15)9-17(29)25-18/h4-10,13H,11-12H2,1-3H3,(H,28,31)(H,26,29,30);3-11,31H,12H2,1-2H3,(H,26,29)(H2,25,27,28,30);4-8,28H,9-11H2,1-3H3,(H,24,30)(H,23,25,29). The van der Waals surface area contributed by atoms with E-state index in [-0.39, 0.29) is 85.1 Å². The molecule has 93 heavy (non-hydrogen) atoms. The number of pyridine rings is 4. The van der Waals surface area contributed by atoms with Gasteiger partial charge in [0.15, 0.2) is 11.5 Å². The van der Waals surface area contributed by atoms with E-state index in [4.69, 9.17) is 4.52 Å². The summed E-state index contributed by atoms with van der Waals surface area (Å²) in [5, 5.41) is 37.4. The zero-order valence-corrected chi connectivity index (χ0v) is 52.1. The number of nitrogens with one attached hydrogen (secondary N) is 7. The number of hydrogen-bond donors (Lipinski definition) is 9. The van der Waals surface area contributed by atoms with Crippen molar-refractivity contribution in [2.75, 3.05) is 10.6 Å². The van der Waals surface area contributed by atoms with Gasteiger partial charge in [0.2, 0.25) is 11.8 Å². The molecule has 9 N–H and O–H groups in total. The number of carbonyl (C=O) groups excluding carboxylic acids is 5. The Labute approximate surface area is 532 Å². The van der Waals surface area contributed by atoms with Gasteiger partial charge in [0, 0.05) is 94.3 Å². The van der Waals surface area contributed by atoms with E-state index in [0.717, 1.165) is 39.1 Å². The number of halogens is 2. The van der Waals surface area contributed by atoms with E-state index in [1.54, 1.807) is 93.0 Å². The summed E-state index contributed by atoms with van der Waals surface area (Å²) in [7, 11) is 0. The predicted molar refractivity (Wildman–Crippen MR) is 343 cm³/mol. The topological polar surface area (TPSA) is 325 Å². The second-order valence-corrected chi connectivity index (χ2v) is 24.8. The van der Waals surface area contributed by atoms with Gasteiger partial charge >= 0.3 is 17.5 Å². The van der Waals surface area contributed by atoms with Crippen molar-refractivity contribution >= 4 is 52.3 Å². The molecule has 12 rings (SSSR count). The molecule has 0 fully saturated rings. The Balaban J connectivity index is 0.000000153. The number of fused-ring (bicyclic) bond motifs is 3. The first-order valence-corrected chi connectivity index (χ1v) is 29.6. The zero-order valence-electron chi connectivity index (χ0n) is 52.1. The number of benzene rings is 4. The number of amides is 5. The van der Waals surface area contributed by atoms with Crippen molar-refractivity contribution in [1.29, 1.82) is 0 Å². The second kappa shape index (κ2) is 26.8. The lowest BCUT2D eigenvalue weighted by atomic mass is 9.91. The highest BCUT2D eigenvalue weighted by Crippen LogP contribution is 2.36. The molecule has 5 amide bonds. The highest BCUT2D eigenvalue weighted by atomic mass is 19.1. The smallest absolute Gasteiger partial charge is 0.325 e. The Kier molecular flexibility index (Phi) is 18.8. The van der Waals surface area contributed by atoms with E-state index in [2.05, 4.69) is 87.4 Å². The molecule has 0 saturated heterocycles. The van der Waals surface area contributed by atoms with Gasteiger partial charge in [-0.3, -0.25) is 33.9 Å². The Morgan fingerprint density at radius 2 is 1.13 bits per heavy atom. The number of H-pyrrole nitrogens is 2. The van der Waals surface area contributed by atoms with Gasteiger partial charge in [0.25, 0.3) is 11.8 Å². The van der Waals surface area contributed by atoms with Gasteiger partial charge in [-0.2, -0.15) is 4.98 Å². The molecule has 0 spiro atoms. The highest BCUT2D eigenvalue weighted by Gasteiger charge is 2.27. The van der Waals surface area contributed by atoms with Crippen molar-refractivity contribution in [3.63, 3.8) is 0 Å². The summed E-state index contributed by atoms with van der Waals surface area (Å²) in [4.78, 5) is 98.3. The molecule has 0 unspecified atom stereocenters. The normalized spacial score (nSPS) is 12.6. The van der Waals surface area contributed by atoms with Crippen LogP contribution in [0.15, 0.2) is 143 Å². The van der Waals surface area contributed by atoms with Gasteiger partial charge < -0.3 is 46.3 Å². The first-order chi connectivity index (χ1) is 44.2. The number of aliphatic hydroxyl groups is 2. The first-order valence-electron chi connectivity index (χ1n) is 29.6. The minimum absolute atomic E-state index is 0.0188. The van der Waals surface area contributed by atoms with E-state index in [1.165, 1.54) is 24.5 Å². The minimum Gasteiger partial charge on any atom is -0.392 e. The number of hydrogen-bond acceptors (Lipinski definition) is 15. The molecule has 0 aliphatic carbocycles. The van der Waals surface area contributed by atoms with Gasteiger partial charge in [-0.05, 0) is 113 Å². The summed E-state index contributed by atoms with van der Waals surface area (Å²) in [6, 6.07) is 30.5. The van der Waals surface area contributed by atoms with Crippen LogP contribution in [-0.4, -0.2) is 79.8 Å². The molecule has 8 heterocycles. The molecule has 4 aromatic carbocycles. The third-order valence-electron chi connectivity index (χ3n) is 15.4. The quantitative estimate of drug-likeness (QED) is 0.0489. The maximum atomic E-state index is 14.7. The molecule has 6 aromatic heterocycles. The van der Waals surface area contributed by atoms with Gasteiger partial charge in [-0.1, -0.05) is 101 Å². The second-order valence-electron chi connectivity index (χ2n) is 24.8. The molecule has 476 valence electrons. The van der Waals surface area contributed by atoms with Crippen LogP contribution in [0.1, 0.15) is 137 Å². The molecule has 2 aliphatic rings. The van der Waals surface area contributed by atoms with E-state index < -0.39 is 23.1 Å². The number of nitrogens with zero attached hydrogens (tertiary/aromatic N) is 6. The number of rotatable bonds is 14. The van der Waals surface area contributed by atoms with Crippen LogP contribution in [-0.2, 0) is 65.1 Å². The first kappa shape index (κ1) is 65.0. The summed E-state index contributed by atoms with van der Waals surface area (Å²) in [6.07, 6.45) is 6.77. The van der Waals surface area contributed by atoms with Gasteiger partial charge in [0.05, 0.1) is 36.1 Å². The van der Waals surface area contributed by atoms with Crippen LogP contribution in [0.3, 0.4) is 0 Å². The molecule has 10 aromatic rings. The average molecular weight is 1260 g/mol. The Bertz CT molecular complexity index is 4560. The summed E-state index contributed by atoms with van der Waals surface area (Å²) in [5.41, 5.74) is 9.62. The fourth-order valence-electron chi connectivity index (χ4n) is 10.2. The molecular weight excluding hydrogens is 1190 g/mol. The minimum atomic E-state index is -0.992. The van der Waals surface area contributed by atoms with Gasteiger partial charge in [-0.25, -0.2) is 28.5 Å². The van der Waals surface area contributed by atoms with Crippen molar-refractivity contribution in [2.45, 2.75) is 111 Å². The number of carbonyl (C=O) groups is 5. The fourth-order valence-corrected chi connectivity index (χ4v) is 10.2. The number of aliphatic hydroxyl groups excluding tert-OH is 1. The van der Waals surface area contributed by atoms with Crippen LogP contribution in [0.5, 0.6) is 0 Å². The molecular formula is C69H67F2N13O9. The van der Waals surface area contributed by atoms with Gasteiger partial charge in [0.1, 0.15) is 23.3 Å². The maximum absolute atomic E-state index is 14.7. The van der Waals surface area contributed by atoms with Crippen LogP contribution in [0.4, 0.5) is 20.4 Å². The number of aromatic nitrogens is 8. The lowest BCUT2D eigenvalue weighted by molar-refractivity contribution is -0.115. The van der Waals surface area contributed by atoms with E-state index in [1.807, 2.05) is 51.1 Å². The van der Waals surface area contributed by atoms with Crippen molar-refractivity contribution in [3.8, 4) is 33.4 Å². The van der Waals surface area contributed by atoms with Crippen LogP contribution in [0.25, 0.3) is 44.5 Å². The average Bonchev–Trinajstić information content (AvgIpc) is 1.84. The zero-order chi connectivity index (χ0) is 66.5. The lowest BCUT2D eigenvalue weighted by Gasteiger charge is -2.17. The van der Waals surface area contributed by atoms with E-state index in [9.17, 15) is 47.8 Å². The third-order valence-corrected chi connectivity index (χ3v) is 15.4. The molecule has 2 aliphatic heterocycles. The van der Waals surface area contributed by atoms with Crippen molar-refractivity contribution in [2.24, 2.45) is 0 Å². The predicted octanol–water partition coefficient (Wildman–Crippen LogP) is 9.57. The lowest BCUT2D eigenvalue weighted by Crippen LogP contribution is -2.24. The van der Waals surface area contributed by atoms with Crippen molar-refractivity contribution < 1.29 is 47.5 Å². The highest BCUT2D eigenvalue weighted by molar-refractivity contribution is 6.02. The van der Waals surface area contributed by atoms with Crippen molar-refractivity contribution in [3.05, 3.63) is 224 Å². The monoisotopic (exact) mass is 1260 g/mol. The molecule has 0 atom stereocenters. The Hall–Kier alpha value is -11.0. The summed E-state index contributed by atoms with van der Waals surface area (Å²) in [5.74, 6) is -0.804. The largest absolute Gasteiger partial charge is 0.392 e. The van der Waals surface area contributed by atoms with Crippen LogP contribution in [0, 0.1) is 11.6 Å². The van der Waals surface area contributed by atoms with Crippen LogP contribution >= 0.6 is 0 Å². The molecule has 24 heteroatoms. The molecule has 0 bridgehead atoms. The molecule has 22 nitrogen and oxygen atoms in total. The molecule has 0 saturated carbocycles. The van der Waals surface area contributed by atoms with Crippen LogP contribution < -0.4 is 32.3 Å². The third kappa shape index (κ3) is 15.3. The summed E-state index contributed by atoms with van der Waals surface area (Å²) >= 11 is 0. The molecule has 0 radical (unpaired) electrons.